The third-order valence-electron chi connectivity index (χ3n) is 6.74. The fourth-order valence-electron chi connectivity index (χ4n) is 4.74. The second-order valence-corrected chi connectivity index (χ2v) is 10.1. The molecule has 1 atom stereocenters. The Bertz CT molecular complexity index is 962. The predicted octanol–water partition coefficient (Wildman–Crippen LogP) is 3.22. The van der Waals surface area contributed by atoms with Gasteiger partial charge in [0, 0.05) is 19.6 Å². The van der Waals surface area contributed by atoms with E-state index in [1.807, 2.05) is 26.0 Å². The summed E-state index contributed by atoms with van der Waals surface area (Å²) in [7, 11) is 0. The molecule has 10 heteroatoms. The van der Waals surface area contributed by atoms with Crippen LogP contribution in [0.2, 0.25) is 0 Å². The van der Waals surface area contributed by atoms with E-state index < -0.39 is 30.1 Å². The number of likely N-dealkylation sites (tertiary alicyclic amines) is 1. The van der Waals surface area contributed by atoms with Crippen molar-refractivity contribution in [3.8, 4) is 0 Å². The molecule has 2 aliphatic heterocycles. The van der Waals surface area contributed by atoms with E-state index in [1.54, 1.807) is 0 Å². The average molecular weight is 490 g/mol. The number of aliphatic carboxylic acids is 1. The van der Waals surface area contributed by atoms with Gasteiger partial charge in [-0.15, -0.1) is 0 Å². The maximum Gasteiger partial charge on any atom is 0.407 e. The first-order chi connectivity index (χ1) is 16.6. The van der Waals surface area contributed by atoms with Crippen molar-refractivity contribution in [2.24, 2.45) is 5.41 Å². The minimum absolute atomic E-state index is 0.197. The number of carboxylic acids is 1. The van der Waals surface area contributed by atoms with Crippen LogP contribution >= 0.6 is 0 Å². The summed E-state index contributed by atoms with van der Waals surface area (Å²) in [4.78, 5) is 49.5. The van der Waals surface area contributed by atoms with Crippen LogP contribution in [-0.2, 0) is 33.8 Å². The zero-order valence-electron chi connectivity index (χ0n) is 20.4. The Labute approximate surface area is 205 Å². The molecule has 3 amide bonds. The molecular formula is C25H35N3O7. The Morgan fingerprint density at radius 3 is 2.63 bits per heavy atom. The molecule has 1 saturated heterocycles. The van der Waals surface area contributed by atoms with E-state index in [0.29, 0.717) is 32.5 Å². The lowest BCUT2D eigenvalue weighted by molar-refractivity contribution is -0.147. The molecule has 10 nitrogen and oxygen atoms in total. The maximum absolute atomic E-state index is 12.2. The average Bonchev–Trinajstić information content (AvgIpc) is 3.47. The van der Waals surface area contributed by atoms with E-state index in [-0.39, 0.29) is 18.6 Å². The number of rotatable bonds is 10. The van der Waals surface area contributed by atoms with Gasteiger partial charge in [0.2, 0.25) is 5.91 Å². The number of amides is 3. The normalized spacial score (nSPS) is 17.3. The van der Waals surface area contributed by atoms with Gasteiger partial charge in [-0.05, 0) is 54.2 Å². The van der Waals surface area contributed by atoms with E-state index in [2.05, 4.69) is 11.4 Å². The van der Waals surface area contributed by atoms with Gasteiger partial charge in [-0.3, -0.25) is 9.69 Å². The molecule has 1 unspecified atom stereocenters. The largest absolute Gasteiger partial charge is 0.480 e. The molecule has 1 aromatic carbocycles. The van der Waals surface area contributed by atoms with Crippen molar-refractivity contribution in [3.63, 3.8) is 0 Å². The second kappa shape index (κ2) is 11.4. The number of carbonyl (C=O) groups is 4. The molecule has 0 spiro atoms. The number of aryl methyl sites for hydroxylation is 1. The number of fused-ring (bicyclic) bond motifs is 1. The standard InChI is InChI=1S/C25H35N3O7/c1-25(2,16-35-23(32)26-13-21(29)28-12-6-10-20(28)22(30)31)11-4-3-7-17-8-5-9-18-14-27(24(33)34)15-19(17)18/h5,8-9,20H,3-4,6-7,10-16H2,1-2H3,(H,26,32)(H,30,31)(H,33,34). The van der Waals surface area contributed by atoms with Gasteiger partial charge in [0.05, 0.1) is 6.61 Å². The summed E-state index contributed by atoms with van der Waals surface area (Å²) in [6.45, 7) is 5.19. The zero-order chi connectivity index (χ0) is 25.6. The number of ether oxygens (including phenoxy) is 1. The summed E-state index contributed by atoms with van der Waals surface area (Å²) < 4.78 is 5.31. The third kappa shape index (κ3) is 7.10. The van der Waals surface area contributed by atoms with Crippen molar-refractivity contribution in [3.05, 3.63) is 34.9 Å². The first-order valence-corrected chi connectivity index (χ1v) is 12.1. The number of nitrogens with zero attached hydrogens (tertiary/aromatic N) is 2. The van der Waals surface area contributed by atoms with Gasteiger partial charge in [0.1, 0.15) is 12.6 Å². The molecule has 35 heavy (non-hydrogen) atoms. The first-order valence-electron chi connectivity index (χ1n) is 12.1. The molecule has 0 saturated carbocycles. The molecule has 1 fully saturated rings. The molecule has 0 radical (unpaired) electrons. The number of carboxylic acid groups (broad SMARTS) is 2. The molecular weight excluding hydrogens is 454 g/mol. The molecule has 3 rings (SSSR count). The van der Waals surface area contributed by atoms with Gasteiger partial charge < -0.3 is 25.2 Å². The Morgan fingerprint density at radius 2 is 1.91 bits per heavy atom. The van der Waals surface area contributed by atoms with Crippen molar-refractivity contribution in [2.75, 3.05) is 19.7 Å². The lowest BCUT2D eigenvalue weighted by atomic mass is 9.87. The van der Waals surface area contributed by atoms with E-state index in [0.717, 1.165) is 36.8 Å². The van der Waals surface area contributed by atoms with Crippen LogP contribution in [0, 0.1) is 5.41 Å². The fourth-order valence-corrected chi connectivity index (χ4v) is 4.74. The predicted molar refractivity (Wildman–Crippen MR) is 127 cm³/mol. The lowest BCUT2D eigenvalue weighted by Crippen LogP contribution is -2.45. The smallest absolute Gasteiger partial charge is 0.407 e. The molecule has 3 N–H and O–H groups in total. The summed E-state index contributed by atoms with van der Waals surface area (Å²) >= 11 is 0. The molecule has 0 aliphatic carbocycles. The van der Waals surface area contributed by atoms with Gasteiger partial charge in [-0.1, -0.05) is 38.5 Å². The van der Waals surface area contributed by atoms with Crippen LogP contribution in [0.5, 0.6) is 0 Å². The van der Waals surface area contributed by atoms with Crippen LogP contribution in [0.4, 0.5) is 9.59 Å². The summed E-state index contributed by atoms with van der Waals surface area (Å²) in [5.41, 5.74) is 3.13. The van der Waals surface area contributed by atoms with Crippen LogP contribution in [0.1, 0.15) is 62.6 Å². The molecule has 2 heterocycles. The quantitative estimate of drug-likeness (QED) is 0.429. The SMILES string of the molecule is CC(C)(CCCCc1cccc2c1CN(C(=O)O)C2)COC(=O)NCC(=O)N1CCCC1C(=O)O. The molecule has 192 valence electrons. The molecule has 0 bridgehead atoms. The van der Waals surface area contributed by atoms with Gasteiger partial charge >= 0.3 is 18.2 Å². The molecule has 1 aromatic rings. The number of carbonyl (C=O) groups excluding carboxylic acids is 2. The van der Waals surface area contributed by atoms with Crippen molar-refractivity contribution in [1.82, 2.24) is 15.1 Å². The summed E-state index contributed by atoms with van der Waals surface area (Å²) in [5.74, 6) is -1.45. The summed E-state index contributed by atoms with van der Waals surface area (Å²) in [6.07, 6.45) is 3.03. The van der Waals surface area contributed by atoms with Crippen LogP contribution in [0.15, 0.2) is 18.2 Å². The third-order valence-corrected chi connectivity index (χ3v) is 6.74. The van der Waals surface area contributed by atoms with Crippen LogP contribution < -0.4 is 5.32 Å². The van der Waals surface area contributed by atoms with Crippen molar-refractivity contribution >= 4 is 24.1 Å². The number of unbranched alkanes of at least 4 members (excludes halogenated alkanes) is 1. The van der Waals surface area contributed by atoms with Crippen molar-refractivity contribution in [2.45, 2.75) is 71.5 Å². The number of nitrogens with one attached hydrogen (secondary N) is 1. The van der Waals surface area contributed by atoms with Gasteiger partial charge in [0.25, 0.3) is 0 Å². The summed E-state index contributed by atoms with van der Waals surface area (Å²) in [6, 6.07) is 5.19. The van der Waals surface area contributed by atoms with E-state index >= 15 is 0 Å². The molecule has 0 aromatic heterocycles. The minimum atomic E-state index is -1.03. The number of hydrogen-bond acceptors (Lipinski definition) is 5. The number of alkyl carbamates (subject to hydrolysis) is 1. The van der Waals surface area contributed by atoms with Crippen LogP contribution in [0.3, 0.4) is 0 Å². The van der Waals surface area contributed by atoms with Crippen molar-refractivity contribution in [1.29, 1.82) is 0 Å². The monoisotopic (exact) mass is 489 g/mol. The highest BCUT2D eigenvalue weighted by atomic mass is 16.5. The molecule has 2 aliphatic rings. The maximum atomic E-state index is 12.2. The Balaban J connectivity index is 1.35. The van der Waals surface area contributed by atoms with E-state index in [1.165, 1.54) is 15.4 Å². The number of hydrogen-bond donors (Lipinski definition) is 3. The van der Waals surface area contributed by atoms with E-state index in [4.69, 9.17) is 4.74 Å². The highest BCUT2D eigenvalue weighted by molar-refractivity contribution is 5.87. The van der Waals surface area contributed by atoms with Crippen LogP contribution in [-0.4, -0.2) is 69.8 Å². The van der Waals surface area contributed by atoms with Gasteiger partial charge in [-0.2, -0.15) is 0 Å². The van der Waals surface area contributed by atoms with Gasteiger partial charge in [-0.25, -0.2) is 14.4 Å². The summed E-state index contributed by atoms with van der Waals surface area (Å²) in [5, 5.41) is 20.9. The number of benzene rings is 1. The minimum Gasteiger partial charge on any atom is -0.480 e. The van der Waals surface area contributed by atoms with Crippen molar-refractivity contribution < 1.29 is 34.1 Å². The van der Waals surface area contributed by atoms with E-state index in [9.17, 15) is 29.4 Å². The highest BCUT2D eigenvalue weighted by Crippen LogP contribution is 2.29. The Kier molecular flexibility index (Phi) is 8.58. The lowest BCUT2D eigenvalue weighted by Gasteiger charge is -2.25. The zero-order valence-corrected chi connectivity index (χ0v) is 20.4. The highest BCUT2D eigenvalue weighted by Gasteiger charge is 2.34. The topological polar surface area (TPSA) is 136 Å². The first kappa shape index (κ1) is 26.3. The second-order valence-electron chi connectivity index (χ2n) is 10.1. The Morgan fingerprint density at radius 1 is 1.14 bits per heavy atom. The van der Waals surface area contributed by atoms with Gasteiger partial charge in [0.15, 0.2) is 0 Å². The fraction of sp³-hybridized carbons (Fsp3) is 0.600. The van der Waals surface area contributed by atoms with Crippen LogP contribution in [0.25, 0.3) is 0 Å². The Hall–Kier alpha value is -3.30.